The molecule has 0 spiro atoms. The lowest BCUT2D eigenvalue weighted by Gasteiger charge is -2.22. The van der Waals surface area contributed by atoms with E-state index in [0.717, 1.165) is 0 Å². The molecule has 0 aliphatic carbocycles. The Balaban J connectivity index is 0.00000196. The van der Waals surface area contributed by atoms with Crippen LogP contribution >= 0.6 is 17.0 Å². The van der Waals surface area contributed by atoms with Gasteiger partial charge in [0.25, 0.3) is 0 Å². The van der Waals surface area contributed by atoms with E-state index >= 15 is 0 Å². The second-order valence-corrected chi connectivity index (χ2v) is 3.59. The van der Waals surface area contributed by atoms with Gasteiger partial charge in [0.05, 0.1) is 0 Å². The molecule has 0 saturated carbocycles. The average molecular weight is 276 g/mol. The Morgan fingerprint density at radius 3 is 2.07 bits per heavy atom. The van der Waals surface area contributed by atoms with Crippen LogP contribution in [0.15, 0.2) is 24.3 Å². The summed E-state index contributed by atoms with van der Waals surface area (Å²) in [6.45, 7) is 3.59. The number of carbonyl (C=O) groups excluding carboxylic acids is 1. The maximum absolute atomic E-state index is 12.6. The van der Waals surface area contributed by atoms with Gasteiger partial charge in [-0.05, 0) is 23.6 Å². The molecule has 0 saturated heterocycles. The highest BCUT2D eigenvalue weighted by molar-refractivity contribution is 8.93. The molecule has 0 amide bonds. The standard InChI is InChI=1S/C11H13FO2.BrH/c1-7(2)10(11(13)14)8-3-5-9(12)6-4-8;/h3-7,10H,1-2H3,(H,13,14);1H/p-1. The summed E-state index contributed by atoms with van der Waals surface area (Å²) in [6, 6.07) is 5.48. The van der Waals surface area contributed by atoms with E-state index in [9.17, 15) is 14.3 Å². The third-order valence-corrected chi connectivity index (χ3v) is 2.15. The lowest BCUT2D eigenvalue weighted by Crippen LogP contribution is -2.32. The van der Waals surface area contributed by atoms with Gasteiger partial charge in [0.15, 0.2) is 0 Å². The molecule has 0 radical (unpaired) electrons. The second-order valence-electron chi connectivity index (χ2n) is 3.59. The number of carboxylic acids is 1. The van der Waals surface area contributed by atoms with Gasteiger partial charge in [-0.15, -0.1) is 17.0 Å². The molecule has 1 aromatic rings. The van der Waals surface area contributed by atoms with Crippen molar-refractivity contribution >= 4 is 23.0 Å². The molecule has 4 heteroatoms. The predicted octanol–water partition coefficient (Wildman–Crippen LogP) is 1.89. The molecule has 84 valence electrons. The largest absolute Gasteiger partial charge is 0.549 e. The summed E-state index contributed by atoms with van der Waals surface area (Å²) in [4.78, 5) is 10.8. The summed E-state index contributed by atoms with van der Waals surface area (Å²) in [5, 5.41) is 10.8. The highest BCUT2D eigenvalue weighted by Gasteiger charge is 2.16. The van der Waals surface area contributed by atoms with Crippen molar-refractivity contribution in [1.82, 2.24) is 0 Å². The summed E-state index contributed by atoms with van der Waals surface area (Å²) < 4.78 is 12.6. The van der Waals surface area contributed by atoms with E-state index in [1.807, 2.05) is 0 Å². The number of carboxylic acid groups (broad SMARTS) is 1. The minimum Gasteiger partial charge on any atom is -0.549 e. The summed E-state index contributed by atoms with van der Waals surface area (Å²) >= 11 is 0. The molecule has 15 heavy (non-hydrogen) atoms. The third kappa shape index (κ3) is 3.63. The van der Waals surface area contributed by atoms with Gasteiger partial charge >= 0.3 is 0 Å². The smallest absolute Gasteiger partial charge is 0.123 e. The van der Waals surface area contributed by atoms with Crippen molar-refractivity contribution in [1.29, 1.82) is 0 Å². The number of aliphatic carboxylic acids is 1. The first kappa shape index (κ1) is 14.1. The van der Waals surface area contributed by atoms with Crippen LogP contribution in [0.1, 0.15) is 25.3 Å². The Bertz CT molecular complexity index is 322. The quantitative estimate of drug-likeness (QED) is 0.845. The van der Waals surface area contributed by atoms with E-state index in [1.54, 1.807) is 13.8 Å². The zero-order valence-corrected chi connectivity index (χ0v) is 10.3. The molecule has 2 nitrogen and oxygen atoms in total. The third-order valence-electron chi connectivity index (χ3n) is 2.15. The molecule has 1 aromatic carbocycles. The Morgan fingerprint density at radius 1 is 1.27 bits per heavy atom. The summed E-state index contributed by atoms with van der Waals surface area (Å²) in [6.07, 6.45) is 0. The zero-order chi connectivity index (χ0) is 10.7. The van der Waals surface area contributed by atoms with E-state index in [2.05, 4.69) is 0 Å². The van der Waals surface area contributed by atoms with Crippen LogP contribution in [0.2, 0.25) is 0 Å². The predicted molar refractivity (Wildman–Crippen MR) is 59.3 cm³/mol. The van der Waals surface area contributed by atoms with Gasteiger partial charge in [-0.2, -0.15) is 0 Å². The van der Waals surface area contributed by atoms with Crippen molar-refractivity contribution in [3.63, 3.8) is 0 Å². The number of carbonyl (C=O) groups is 1. The maximum Gasteiger partial charge on any atom is 0.123 e. The lowest BCUT2D eigenvalue weighted by atomic mass is 9.89. The van der Waals surface area contributed by atoms with Crippen LogP contribution in [0, 0.1) is 11.7 Å². The first-order valence-electron chi connectivity index (χ1n) is 4.48. The van der Waals surface area contributed by atoms with Gasteiger partial charge in [0.2, 0.25) is 0 Å². The monoisotopic (exact) mass is 275 g/mol. The Hall–Kier alpha value is -0.900. The highest BCUT2D eigenvalue weighted by atomic mass is 79.9. The van der Waals surface area contributed by atoms with E-state index in [1.165, 1.54) is 24.3 Å². The molecule has 0 aliphatic rings. The molecule has 1 atom stereocenters. The van der Waals surface area contributed by atoms with Gasteiger partial charge < -0.3 is 9.90 Å². The lowest BCUT2D eigenvalue weighted by molar-refractivity contribution is -0.309. The van der Waals surface area contributed by atoms with Crippen molar-refractivity contribution in [2.75, 3.05) is 0 Å². The molecule has 0 N–H and O–H groups in total. The molecular weight excluding hydrogens is 263 g/mol. The van der Waals surface area contributed by atoms with Crippen LogP contribution < -0.4 is 5.11 Å². The van der Waals surface area contributed by atoms with Crippen molar-refractivity contribution < 1.29 is 14.3 Å². The topological polar surface area (TPSA) is 40.1 Å². The van der Waals surface area contributed by atoms with E-state index < -0.39 is 11.9 Å². The SMILES string of the molecule is Br.CC(C)C(C(=O)[O-])c1ccc(F)cc1. The van der Waals surface area contributed by atoms with Crippen molar-refractivity contribution in [2.24, 2.45) is 5.92 Å². The Labute approximate surface area is 98.9 Å². The maximum atomic E-state index is 12.6. The van der Waals surface area contributed by atoms with Gasteiger partial charge in [-0.25, -0.2) is 4.39 Å². The number of hydrogen-bond donors (Lipinski definition) is 0. The van der Waals surface area contributed by atoms with Crippen LogP contribution in [0.5, 0.6) is 0 Å². The van der Waals surface area contributed by atoms with Crippen LogP contribution in [0.4, 0.5) is 4.39 Å². The average Bonchev–Trinajstić information content (AvgIpc) is 2.07. The molecule has 0 aliphatic heterocycles. The number of benzene rings is 1. The number of hydrogen-bond acceptors (Lipinski definition) is 2. The fourth-order valence-corrected chi connectivity index (χ4v) is 1.46. The van der Waals surface area contributed by atoms with E-state index in [0.29, 0.717) is 5.56 Å². The Morgan fingerprint density at radius 2 is 1.73 bits per heavy atom. The van der Waals surface area contributed by atoms with Gasteiger partial charge in [-0.1, -0.05) is 26.0 Å². The van der Waals surface area contributed by atoms with E-state index in [-0.39, 0.29) is 28.7 Å². The molecule has 1 unspecified atom stereocenters. The molecule has 1 rings (SSSR count). The summed E-state index contributed by atoms with van der Waals surface area (Å²) in [7, 11) is 0. The zero-order valence-electron chi connectivity index (χ0n) is 8.57. The fraction of sp³-hybridized carbons (Fsp3) is 0.364. The number of halogens is 2. The molecule has 0 aromatic heterocycles. The Kier molecular flexibility index (Phi) is 5.50. The van der Waals surface area contributed by atoms with Crippen molar-refractivity contribution in [3.8, 4) is 0 Å². The van der Waals surface area contributed by atoms with Crippen LogP contribution in [-0.4, -0.2) is 5.97 Å². The van der Waals surface area contributed by atoms with Crippen LogP contribution in [-0.2, 0) is 4.79 Å². The highest BCUT2D eigenvalue weighted by Crippen LogP contribution is 2.23. The van der Waals surface area contributed by atoms with Gasteiger partial charge in [0, 0.05) is 11.9 Å². The molecule has 0 bridgehead atoms. The van der Waals surface area contributed by atoms with E-state index in [4.69, 9.17) is 0 Å². The van der Waals surface area contributed by atoms with Gasteiger partial charge in [-0.3, -0.25) is 0 Å². The normalized spacial score (nSPS) is 12.0. The fourth-order valence-electron chi connectivity index (χ4n) is 1.46. The summed E-state index contributed by atoms with van der Waals surface area (Å²) in [5.74, 6) is -2.22. The molecule has 0 fully saturated rings. The minimum absolute atomic E-state index is 0. The molecular formula is C11H13BrFO2-. The second kappa shape index (κ2) is 5.85. The van der Waals surface area contributed by atoms with Gasteiger partial charge in [0.1, 0.15) is 5.82 Å². The number of rotatable bonds is 3. The molecule has 0 heterocycles. The first-order valence-corrected chi connectivity index (χ1v) is 4.48. The van der Waals surface area contributed by atoms with Crippen molar-refractivity contribution in [3.05, 3.63) is 35.6 Å². The van der Waals surface area contributed by atoms with Crippen LogP contribution in [0.25, 0.3) is 0 Å². The van der Waals surface area contributed by atoms with Crippen molar-refractivity contribution in [2.45, 2.75) is 19.8 Å². The summed E-state index contributed by atoms with van der Waals surface area (Å²) in [5.41, 5.74) is 0.585. The first-order chi connectivity index (χ1) is 6.52. The minimum atomic E-state index is -1.12. The van der Waals surface area contributed by atoms with Crippen LogP contribution in [0.3, 0.4) is 0 Å².